The Labute approximate surface area is 120 Å². The zero-order chi connectivity index (χ0) is 13.8. The summed E-state index contributed by atoms with van der Waals surface area (Å²) in [4.78, 5) is 2.95. The van der Waals surface area contributed by atoms with Crippen LogP contribution in [0.3, 0.4) is 0 Å². The van der Waals surface area contributed by atoms with Crippen LogP contribution in [0.25, 0.3) is 0 Å². The average Bonchev–Trinajstić information content (AvgIpc) is 2.84. The van der Waals surface area contributed by atoms with Crippen LogP contribution in [0.4, 0.5) is 0 Å². The summed E-state index contributed by atoms with van der Waals surface area (Å²) in [6, 6.07) is 11.7. The summed E-state index contributed by atoms with van der Waals surface area (Å²) in [6.07, 6.45) is 2.21. The van der Waals surface area contributed by atoms with Crippen LogP contribution >= 0.6 is 11.3 Å². The first-order valence-electron chi connectivity index (χ1n) is 6.96. The van der Waals surface area contributed by atoms with Gasteiger partial charge in [0.1, 0.15) is 0 Å². The normalized spacial score (nSPS) is 12.6. The lowest BCUT2D eigenvalue weighted by atomic mass is 9.97. The molecular weight excluding hydrogens is 250 g/mol. The van der Waals surface area contributed by atoms with E-state index in [1.807, 2.05) is 11.3 Å². The fraction of sp³-hybridized carbons (Fsp3) is 0.412. The molecule has 0 aliphatic heterocycles. The highest BCUT2D eigenvalue weighted by molar-refractivity contribution is 7.11. The Balaban J connectivity index is 2.19. The van der Waals surface area contributed by atoms with Crippen molar-refractivity contribution in [3.05, 3.63) is 56.8 Å². The SMILES string of the molecule is CCc1ccc(CC(NC)c2ccc(C)cc2C)s1. The number of benzene rings is 1. The third-order valence-corrected chi connectivity index (χ3v) is 4.87. The molecule has 102 valence electrons. The van der Waals surface area contributed by atoms with Crippen molar-refractivity contribution in [3.8, 4) is 0 Å². The van der Waals surface area contributed by atoms with Gasteiger partial charge in [0.25, 0.3) is 0 Å². The Kier molecular flexibility index (Phi) is 4.78. The highest BCUT2D eigenvalue weighted by Gasteiger charge is 2.13. The highest BCUT2D eigenvalue weighted by Crippen LogP contribution is 2.26. The van der Waals surface area contributed by atoms with E-state index in [9.17, 15) is 0 Å². The maximum atomic E-state index is 3.46. The van der Waals surface area contributed by atoms with Crippen molar-refractivity contribution in [3.63, 3.8) is 0 Å². The molecule has 0 aliphatic rings. The number of rotatable bonds is 5. The lowest BCUT2D eigenvalue weighted by Crippen LogP contribution is -2.19. The van der Waals surface area contributed by atoms with Gasteiger partial charge in [0, 0.05) is 22.2 Å². The first kappa shape index (κ1) is 14.3. The van der Waals surface area contributed by atoms with E-state index in [1.165, 1.54) is 26.4 Å². The first-order chi connectivity index (χ1) is 9.13. The summed E-state index contributed by atoms with van der Waals surface area (Å²) < 4.78 is 0. The maximum absolute atomic E-state index is 3.46. The summed E-state index contributed by atoms with van der Waals surface area (Å²) >= 11 is 1.94. The van der Waals surface area contributed by atoms with Crippen LogP contribution in [-0.4, -0.2) is 7.05 Å². The van der Waals surface area contributed by atoms with Gasteiger partial charge in [-0.1, -0.05) is 30.7 Å². The molecule has 0 amide bonds. The first-order valence-corrected chi connectivity index (χ1v) is 7.77. The van der Waals surface area contributed by atoms with E-state index < -0.39 is 0 Å². The number of thiophene rings is 1. The number of nitrogens with one attached hydrogen (secondary N) is 1. The fourth-order valence-electron chi connectivity index (χ4n) is 2.51. The topological polar surface area (TPSA) is 12.0 Å². The largest absolute Gasteiger partial charge is 0.313 e. The monoisotopic (exact) mass is 273 g/mol. The molecule has 1 N–H and O–H groups in total. The van der Waals surface area contributed by atoms with Gasteiger partial charge in [0.15, 0.2) is 0 Å². The van der Waals surface area contributed by atoms with Crippen molar-refractivity contribution in [2.75, 3.05) is 7.05 Å². The predicted octanol–water partition coefficient (Wildman–Crippen LogP) is 4.43. The smallest absolute Gasteiger partial charge is 0.0368 e. The highest BCUT2D eigenvalue weighted by atomic mass is 32.1. The molecule has 0 saturated carbocycles. The van der Waals surface area contributed by atoms with Crippen LogP contribution in [0.1, 0.15) is 39.4 Å². The molecule has 2 heteroatoms. The number of likely N-dealkylation sites (N-methyl/N-ethyl adjacent to an activating group) is 1. The molecule has 1 aromatic heterocycles. The van der Waals surface area contributed by atoms with Crippen molar-refractivity contribution >= 4 is 11.3 Å². The van der Waals surface area contributed by atoms with Crippen LogP contribution in [0.2, 0.25) is 0 Å². The Morgan fingerprint density at radius 1 is 1.11 bits per heavy atom. The minimum Gasteiger partial charge on any atom is -0.313 e. The molecule has 1 nitrogen and oxygen atoms in total. The minimum absolute atomic E-state index is 0.406. The molecule has 0 fully saturated rings. The van der Waals surface area contributed by atoms with E-state index in [0.29, 0.717) is 6.04 Å². The van der Waals surface area contributed by atoms with E-state index in [-0.39, 0.29) is 0 Å². The molecule has 2 aromatic rings. The Hall–Kier alpha value is -1.12. The van der Waals surface area contributed by atoms with E-state index in [1.54, 1.807) is 0 Å². The zero-order valence-electron chi connectivity index (χ0n) is 12.3. The number of hydrogen-bond acceptors (Lipinski definition) is 2. The van der Waals surface area contributed by atoms with Crippen LogP contribution in [0.5, 0.6) is 0 Å². The Bertz CT molecular complexity index is 542. The van der Waals surface area contributed by atoms with Crippen molar-refractivity contribution in [1.82, 2.24) is 5.32 Å². The van der Waals surface area contributed by atoms with E-state index in [4.69, 9.17) is 0 Å². The lowest BCUT2D eigenvalue weighted by molar-refractivity contribution is 0.593. The van der Waals surface area contributed by atoms with Crippen molar-refractivity contribution < 1.29 is 0 Å². The molecular formula is C17H23NS. The van der Waals surface area contributed by atoms with Crippen molar-refractivity contribution in [1.29, 1.82) is 0 Å². The molecule has 1 atom stereocenters. The Morgan fingerprint density at radius 3 is 2.42 bits per heavy atom. The molecule has 0 saturated heterocycles. The van der Waals surface area contributed by atoms with Gasteiger partial charge in [0.05, 0.1) is 0 Å². The molecule has 1 unspecified atom stereocenters. The standard InChI is InChI=1S/C17H23NS/c1-5-14-7-8-15(19-14)11-17(18-4)16-9-6-12(2)10-13(16)3/h6-10,17-18H,5,11H2,1-4H3. The molecule has 0 spiro atoms. The lowest BCUT2D eigenvalue weighted by Gasteiger charge is -2.18. The van der Waals surface area contributed by atoms with Gasteiger partial charge >= 0.3 is 0 Å². The third kappa shape index (κ3) is 3.46. The van der Waals surface area contributed by atoms with Crippen LogP contribution in [-0.2, 0) is 12.8 Å². The fourth-order valence-corrected chi connectivity index (χ4v) is 3.51. The molecule has 2 rings (SSSR count). The second-order valence-corrected chi connectivity index (χ2v) is 6.38. The quantitative estimate of drug-likeness (QED) is 0.849. The van der Waals surface area contributed by atoms with Crippen molar-refractivity contribution in [2.24, 2.45) is 0 Å². The molecule has 0 aliphatic carbocycles. The molecule has 0 radical (unpaired) electrons. The molecule has 19 heavy (non-hydrogen) atoms. The second-order valence-electron chi connectivity index (χ2n) is 5.13. The molecule has 1 aromatic carbocycles. The van der Waals surface area contributed by atoms with Crippen LogP contribution < -0.4 is 5.32 Å². The van der Waals surface area contributed by atoms with Gasteiger partial charge < -0.3 is 5.32 Å². The van der Waals surface area contributed by atoms with E-state index in [0.717, 1.165) is 12.8 Å². The number of hydrogen-bond donors (Lipinski definition) is 1. The molecule has 0 bridgehead atoms. The van der Waals surface area contributed by atoms with Crippen molar-refractivity contribution in [2.45, 2.75) is 39.7 Å². The summed E-state index contributed by atoms with van der Waals surface area (Å²) in [7, 11) is 2.05. The van der Waals surface area contributed by atoms with Gasteiger partial charge in [0.2, 0.25) is 0 Å². The van der Waals surface area contributed by atoms with Gasteiger partial charge in [-0.15, -0.1) is 11.3 Å². The van der Waals surface area contributed by atoms with E-state index >= 15 is 0 Å². The van der Waals surface area contributed by atoms with Gasteiger partial charge in [-0.3, -0.25) is 0 Å². The Morgan fingerprint density at radius 2 is 1.84 bits per heavy atom. The summed E-state index contributed by atoms with van der Waals surface area (Å²) in [5.41, 5.74) is 4.13. The maximum Gasteiger partial charge on any atom is 0.0368 e. The zero-order valence-corrected chi connectivity index (χ0v) is 13.1. The second kappa shape index (κ2) is 6.36. The van der Waals surface area contributed by atoms with Gasteiger partial charge in [-0.2, -0.15) is 0 Å². The van der Waals surface area contributed by atoms with Crippen LogP contribution in [0.15, 0.2) is 30.3 Å². The van der Waals surface area contributed by atoms with Gasteiger partial charge in [-0.25, -0.2) is 0 Å². The van der Waals surface area contributed by atoms with Crippen LogP contribution in [0, 0.1) is 13.8 Å². The summed E-state index contributed by atoms with van der Waals surface area (Å²) in [5, 5.41) is 3.46. The predicted molar refractivity (Wildman–Crippen MR) is 85.1 cm³/mol. The van der Waals surface area contributed by atoms with E-state index in [2.05, 4.69) is 63.5 Å². The van der Waals surface area contributed by atoms with Gasteiger partial charge in [-0.05, 0) is 50.6 Å². The number of aryl methyl sites for hydroxylation is 3. The summed E-state index contributed by atoms with van der Waals surface area (Å²) in [6.45, 7) is 6.58. The third-order valence-electron chi connectivity index (χ3n) is 3.62. The summed E-state index contributed by atoms with van der Waals surface area (Å²) in [5.74, 6) is 0. The average molecular weight is 273 g/mol. The minimum atomic E-state index is 0.406. The molecule has 1 heterocycles.